The molecule has 2 heterocycles. The largest absolute Gasteiger partial charge is 0.348 e. The van der Waals surface area contributed by atoms with E-state index in [1.165, 1.54) is 12.1 Å². The van der Waals surface area contributed by atoms with Gasteiger partial charge >= 0.3 is 0 Å². The Hall–Kier alpha value is -3.26. The first-order valence-corrected chi connectivity index (χ1v) is 8.01. The van der Waals surface area contributed by atoms with Crippen LogP contribution in [0.2, 0.25) is 5.02 Å². The molecule has 0 saturated heterocycles. The molecular formula is C17H14ClN5O3. The average molecular weight is 372 g/mol. The van der Waals surface area contributed by atoms with Gasteiger partial charge in [-0.05, 0) is 30.7 Å². The summed E-state index contributed by atoms with van der Waals surface area (Å²) in [6, 6.07) is 7.36. The molecule has 0 atom stereocenters. The Labute approximate surface area is 153 Å². The van der Waals surface area contributed by atoms with Crippen molar-refractivity contribution in [1.29, 1.82) is 0 Å². The lowest BCUT2D eigenvalue weighted by molar-refractivity contribution is -0.384. The van der Waals surface area contributed by atoms with E-state index in [0.29, 0.717) is 5.82 Å². The third kappa shape index (κ3) is 3.70. The predicted molar refractivity (Wildman–Crippen MR) is 95.4 cm³/mol. The number of amides is 1. The van der Waals surface area contributed by atoms with E-state index in [1.807, 2.05) is 17.6 Å². The monoisotopic (exact) mass is 371 g/mol. The Morgan fingerprint density at radius 1 is 1.27 bits per heavy atom. The number of non-ortho nitro benzene ring substituents is 1. The molecule has 26 heavy (non-hydrogen) atoms. The molecule has 0 aliphatic heterocycles. The number of hydrogen-bond acceptors (Lipinski definition) is 5. The molecule has 0 fully saturated rings. The van der Waals surface area contributed by atoms with Crippen LogP contribution in [0.4, 0.5) is 5.69 Å². The first-order valence-electron chi connectivity index (χ1n) is 7.63. The number of nitrogens with one attached hydrogen (secondary N) is 1. The van der Waals surface area contributed by atoms with Crippen molar-refractivity contribution in [2.45, 2.75) is 13.5 Å². The lowest BCUT2D eigenvalue weighted by atomic mass is 10.2. The van der Waals surface area contributed by atoms with E-state index in [4.69, 9.17) is 11.6 Å². The number of halogens is 1. The smallest absolute Gasteiger partial charge is 0.270 e. The number of carbonyl (C=O) groups excluding carboxylic acids is 1. The number of imidazole rings is 1. The third-order valence-electron chi connectivity index (χ3n) is 3.74. The molecule has 0 saturated carbocycles. The van der Waals surface area contributed by atoms with Gasteiger partial charge < -0.3 is 5.32 Å². The van der Waals surface area contributed by atoms with Crippen molar-refractivity contribution in [3.8, 4) is 5.82 Å². The molecule has 0 bridgehead atoms. The molecule has 0 aliphatic carbocycles. The highest BCUT2D eigenvalue weighted by atomic mass is 35.5. The second-order valence-corrected chi connectivity index (χ2v) is 5.88. The van der Waals surface area contributed by atoms with Crippen molar-refractivity contribution in [2.24, 2.45) is 0 Å². The van der Waals surface area contributed by atoms with Gasteiger partial charge in [-0.25, -0.2) is 9.97 Å². The normalized spacial score (nSPS) is 10.5. The molecular weight excluding hydrogens is 358 g/mol. The third-order valence-corrected chi connectivity index (χ3v) is 4.06. The minimum absolute atomic E-state index is 0.0288. The molecule has 1 amide bonds. The zero-order chi connectivity index (χ0) is 18.7. The van der Waals surface area contributed by atoms with Crippen molar-refractivity contribution in [3.05, 3.63) is 81.0 Å². The standard InChI is InChI=1S/C17H14ClN5O3/c1-11-19-6-7-22(11)16-8-12(4-5-20-16)10-21-17(24)14-3-2-13(23(25)26)9-15(14)18/h2-9H,10H2,1H3,(H,21,24). The van der Waals surface area contributed by atoms with Gasteiger partial charge in [0, 0.05) is 37.3 Å². The van der Waals surface area contributed by atoms with E-state index in [1.54, 1.807) is 24.7 Å². The van der Waals surface area contributed by atoms with Crippen molar-refractivity contribution in [2.75, 3.05) is 0 Å². The van der Waals surface area contributed by atoms with E-state index >= 15 is 0 Å². The number of aryl methyl sites for hydroxylation is 1. The Morgan fingerprint density at radius 3 is 2.73 bits per heavy atom. The molecule has 2 aromatic heterocycles. The van der Waals surface area contributed by atoms with E-state index in [9.17, 15) is 14.9 Å². The number of benzene rings is 1. The van der Waals surface area contributed by atoms with Crippen LogP contribution in [0.25, 0.3) is 5.82 Å². The van der Waals surface area contributed by atoms with Gasteiger partial charge in [0.2, 0.25) is 0 Å². The summed E-state index contributed by atoms with van der Waals surface area (Å²) in [5, 5.41) is 13.5. The maximum absolute atomic E-state index is 12.3. The Kier molecular flexibility index (Phi) is 4.94. The van der Waals surface area contributed by atoms with Crippen LogP contribution in [-0.2, 0) is 6.54 Å². The summed E-state index contributed by atoms with van der Waals surface area (Å²) in [5.41, 5.74) is 0.854. The Bertz CT molecular complexity index is 986. The molecule has 8 nitrogen and oxygen atoms in total. The van der Waals surface area contributed by atoms with Crippen LogP contribution in [0.1, 0.15) is 21.7 Å². The van der Waals surface area contributed by atoms with E-state index in [0.717, 1.165) is 17.5 Å². The molecule has 1 N–H and O–H groups in total. The molecule has 0 unspecified atom stereocenters. The van der Waals surface area contributed by atoms with Crippen molar-refractivity contribution >= 4 is 23.2 Å². The van der Waals surface area contributed by atoms with Gasteiger partial charge in [-0.3, -0.25) is 19.5 Å². The van der Waals surface area contributed by atoms with E-state index in [2.05, 4.69) is 15.3 Å². The molecule has 3 rings (SSSR count). The summed E-state index contributed by atoms with van der Waals surface area (Å²) in [6.07, 6.45) is 5.13. The fraction of sp³-hybridized carbons (Fsp3) is 0.118. The first-order chi connectivity index (χ1) is 12.5. The quantitative estimate of drug-likeness (QED) is 0.548. The highest BCUT2D eigenvalue weighted by Gasteiger charge is 2.15. The van der Waals surface area contributed by atoms with Gasteiger partial charge in [-0.2, -0.15) is 0 Å². The second-order valence-electron chi connectivity index (χ2n) is 5.47. The van der Waals surface area contributed by atoms with Gasteiger partial charge in [-0.15, -0.1) is 0 Å². The zero-order valence-corrected chi connectivity index (χ0v) is 14.5. The number of nitro benzene ring substituents is 1. The van der Waals surface area contributed by atoms with Crippen LogP contribution >= 0.6 is 11.6 Å². The van der Waals surface area contributed by atoms with Crippen LogP contribution in [0.15, 0.2) is 48.9 Å². The minimum atomic E-state index is -0.565. The van der Waals surface area contributed by atoms with Crippen molar-refractivity contribution in [1.82, 2.24) is 19.9 Å². The van der Waals surface area contributed by atoms with E-state index in [-0.39, 0.29) is 22.8 Å². The van der Waals surface area contributed by atoms with Crippen LogP contribution < -0.4 is 5.32 Å². The molecule has 0 radical (unpaired) electrons. The number of nitro groups is 1. The van der Waals surface area contributed by atoms with Gasteiger partial charge in [0.1, 0.15) is 11.6 Å². The fourth-order valence-electron chi connectivity index (χ4n) is 2.40. The SMILES string of the molecule is Cc1nccn1-c1cc(CNC(=O)c2ccc([N+](=O)[O-])cc2Cl)ccn1. The first kappa shape index (κ1) is 17.6. The number of nitrogens with zero attached hydrogens (tertiary/aromatic N) is 4. The summed E-state index contributed by atoms with van der Waals surface area (Å²) in [7, 11) is 0. The van der Waals surface area contributed by atoms with Gasteiger partial charge in [0.15, 0.2) is 0 Å². The molecule has 132 valence electrons. The van der Waals surface area contributed by atoms with Crippen LogP contribution in [0, 0.1) is 17.0 Å². The number of rotatable bonds is 5. The molecule has 0 aliphatic rings. The summed E-state index contributed by atoms with van der Waals surface area (Å²) < 4.78 is 1.83. The Balaban J connectivity index is 1.72. The highest BCUT2D eigenvalue weighted by molar-refractivity contribution is 6.34. The van der Waals surface area contributed by atoms with Crippen molar-refractivity contribution in [3.63, 3.8) is 0 Å². The van der Waals surface area contributed by atoms with Gasteiger partial charge in [0.05, 0.1) is 15.5 Å². The maximum atomic E-state index is 12.3. The summed E-state index contributed by atoms with van der Waals surface area (Å²) in [6.45, 7) is 2.13. The molecule has 3 aromatic rings. The van der Waals surface area contributed by atoms with Crippen LogP contribution in [0.3, 0.4) is 0 Å². The molecule has 0 spiro atoms. The van der Waals surface area contributed by atoms with Gasteiger partial charge in [0.25, 0.3) is 11.6 Å². The molecule has 1 aromatic carbocycles. The number of carbonyl (C=O) groups is 1. The summed E-state index contributed by atoms with van der Waals surface area (Å²) >= 11 is 5.97. The number of pyridine rings is 1. The molecule has 9 heteroatoms. The van der Waals surface area contributed by atoms with Crippen LogP contribution in [0.5, 0.6) is 0 Å². The summed E-state index contributed by atoms with van der Waals surface area (Å²) in [5.74, 6) is 1.08. The maximum Gasteiger partial charge on any atom is 0.270 e. The Morgan fingerprint density at radius 2 is 2.08 bits per heavy atom. The zero-order valence-electron chi connectivity index (χ0n) is 13.7. The van der Waals surface area contributed by atoms with Crippen LogP contribution in [-0.4, -0.2) is 25.4 Å². The predicted octanol–water partition coefficient (Wildman–Crippen LogP) is 3.07. The van der Waals surface area contributed by atoms with Gasteiger partial charge in [-0.1, -0.05) is 11.6 Å². The van der Waals surface area contributed by atoms with Crippen molar-refractivity contribution < 1.29 is 9.72 Å². The second kappa shape index (κ2) is 7.32. The number of hydrogen-bond donors (Lipinski definition) is 1. The minimum Gasteiger partial charge on any atom is -0.348 e. The lowest BCUT2D eigenvalue weighted by Gasteiger charge is -2.09. The average Bonchev–Trinajstić information content (AvgIpc) is 3.05. The summed E-state index contributed by atoms with van der Waals surface area (Å²) in [4.78, 5) is 30.9. The fourth-order valence-corrected chi connectivity index (χ4v) is 2.66. The lowest BCUT2D eigenvalue weighted by Crippen LogP contribution is -2.23. The number of aromatic nitrogens is 3. The topological polar surface area (TPSA) is 103 Å². The highest BCUT2D eigenvalue weighted by Crippen LogP contribution is 2.22. The van der Waals surface area contributed by atoms with E-state index < -0.39 is 10.8 Å².